The Kier molecular flexibility index (Phi) is 6.46. The molecule has 0 radical (unpaired) electrons. The van der Waals surface area contributed by atoms with Crippen molar-refractivity contribution in [2.75, 3.05) is 20.3 Å². The predicted molar refractivity (Wildman–Crippen MR) is 106 cm³/mol. The predicted octanol–water partition coefficient (Wildman–Crippen LogP) is 3.65. The zero-order chi connectivity index (χ0) is 19.1. The molecular weight excluding hydrogens is 362 g/mol. The van der Waals surface area contributed by atoms with Gasteiger partial charge in [0, 0.05) is 6.54 Å². The summed E-state index contributed by atoms with van der Waals surface area (Å²) in [5.41, 5.74) is 3.00. The third kappa shape index (κ3) is 5.09. The number of carbonyl (C=O) groups excluding carboxylic acids is 1. The number of amides is 1. The number of rotatable bonds is 8. The van der Waals surface area contributed by atoms with Gasteiger partial charge in [0.2, 0.25) is 0 Å². The first-order valence-electron chi connectivity index (χ1n) is 8.50. The van der Waals surface area contributed by atoms with Crippen molar-refractivity contribution in [1.82, 2.24) is 5.32 Å². The zero-order valence-corrected chi connectivity index (χ0v) is 15.7. The van der Waals surface area contributed by atoms with Crippen molar-refractivity contribution >= 4 is 17.2 Å². The molecule has 27 heavy (non-hydrogen) atoms. The molecule has 1 heterocycles. The molecule has 5 nitrogen and oxygen atoms in total. The van der Waals surface area contributed by atoms with Crippen LogP contribution in [-0.4, -0.2) is 31.3 Å². The summed E-state index contributed by atoms with van der Waals surface area (Å²) < 4.78 is 10.6. The molecule has 6 heteroatoms. The number of thiophene rings is 1. The van der Waals surface area contributed by atoms with E-state index < -0.39 is 6.10 Å². The summed E-state index contributed by atoms with van der Waals surface area (Å²) in [7, 11) is 1.54. The fourth-order valence-corrected chi connectivity index (χ4v) is 3.25. The van der Waals surface area contributed by atoms with Crippen molar-refractivity contribution in [3.8, 4) is 22.6 Å². The van der Waals surface area contributed by atoms with Gasteiger partial charge in [0.05, 0.1) is 13.2 Å². The minimum Gasteiger partial charge on any atom is -0.493 e. The lowest BCUT2D eigenvalue weighted by Crippen LogP contribution is -2.32. The molecule has 0 fully saturated rings. The van der Waals surface area contributed by atoms with E-state index in [0.717, 1.165) is 16.7 Å². The maximum Gasteiger partial charge on any atom is 0.258 e. The molecule has 2 aromatic carbocycles. The quantitative estimate of drug-likeness (QED) is 0.623. The smallest absolute Gasteiger partial charge is 0.258 e. The zero-order valence-electron chi connectivity index (χ0n) is 14.9. The molecule has 3 aromatic rings. The van der Waals surface area contributed by atoms with Crippen molar-refractivity contribution in [2.24, 2.45) is 0 Å². The summed E-state index contributed by atoms with van der Waals surface area (Å²) >= 11 is 1.64. The summed E-state index contributed by atoms with van der Waals surface area (Å²) in [4.78, 5) is 12.0. The average Bonchev–Trinajstić information content (AvgIpc) is 3.25. The molecule has 0 spiro atoms. The second-order valence-corrected chi connectivity index (χ2v) is 6.67. The van der Waals surface area contributed by atoms with Gasteiger partial charge in [-0.2, -0.15) is 11.3 Å². The lowest BCUT2D eigenvalue weighted by atomic mass is 10.0. The molecule has 0 saturated carbocycles. The Morgan fingerprint density at radius 2 is 1.81 bits per heavy atom. The van der Waals surface area contributed by atoms with Crippen LogP contribution in [0.25, 0.3) is 11.1 Å². The van der Waals surface area contributed by atoms with Gasteiger partial charge in [0.25, 0.3) is 5.91 Å². The molecule has 0 unspecified atom stereocenters. The maximum atomic E-state index is 12.0. The second kappa shape index (κ2) is 9.21. The minimum absolute atomic E-state index is 0.117. The Morgan fingerprint density at radius 3 is 2.48 bits per heavy atom. The lowest BCUT2D eigenvalue weighted by molar-refractivity contribution is -0.123. The number of ether oxygens (including phenoxy) is 2. The summed E-state index contributed by atoms with van der Waals surface area (Å²) in [6, 6.07) is 16.8. The molecule has 0 aliphatic carbocycles. The SMILES string of the molecule is COc1ccccc1OCC(=O)NC[C@H](O)c1ccc(-c2ccsc2)cc1. The van der Waals surface area contributed by atoms with Crippen molar-refractivity contribution < 1.29 is 19.4 Å². The van der Waals surface area contributed by atoms with Crippen LogP contribution in [-0.2, 0) is 4.79 Å². The minimum atomic E-state index is -0.781. The van der Waals surface area contributed by atoms with Gasteiger partial charge in [0.1, 0.15) is 0 Å². The van der Waals surface area contributed by atoms with Crippen LogP contribution < -0.4 is 14.8 Å². The molecule has 0 aliphatic rings. The molecule has 2 N–H and O–H groups in total. The molecule has 1 atom stereocenters. The topological polar surface area (TPSA) is 67.8 Å². The van der Waals surface area contributed by atoms with E-state index in [0.29, 0.717) is 11.5 Å². The molecule has 0 saturated heterocycles. The van der Waals surface area contributed by atoms with Crippen LogP contribution in [0.5, 0.6) is 11.5 Å². The van der Waals surface area contributed by atoms with Crippen LogP contribution in [0, 0.1) is 0 Å². The number of aliphatic hydroxyl groups excluding tert-OH is 1. The van der Waals surface area contributed by atoms with Crippen LogP contribution in [0.15, 0.2) is 65.4 Å². The Bertz CT molecular complexity index is 862. The standard InChI is InChI=1S/C21H21NO4S/c1-25-19-4-2-3-5-20(19)26-13-21(24)22-12-18(23)16-8-6-15(7-9-16)17-10-11-27-14-17/h2-11,14,18,23H,12-13H2,1H3,(H,22,24)/t18-/m0/s1. The number of para-hydroxylation sites is 2. The van der Waals surface area contributed by atoms with E-state index in [1.54, 1.807) is 36.6 Å². The van der Waals surface area contributed by atoms with Crippen molar-refractivity contribution in [2.45, 2.75) is 6.10 Å². The largest absolute Gasteiger partial charge is 0.493 e. The summed E-state index contributed by atoms with van der Waals surface area (Å²) in [6.45, 7) is -0.0316. The molecular formula is C21H21NO4S. The van der Waals surface area contributed by atoms with Gasteiger partial charge >= 0.3 is 0 Å². The Labute approximate surface area is 162 Å². The highest BCUT2D eigenvalue weighted by atomic mass is 32.1. The number of hydrogen-bond donors (Lipinski definition) is 2. The first-order chi connectivity index (χ1) is 13.2. The summed E-state index contributed by atoms with van der Waals surface area (Å²) in [6.07, 6.45) is -0.781. The number of benzene rings is 2. The fourth-order valence-electron chi connectivity index (χ4n) is 2.59. The van der Waals surface area contributed by atoms with Gasteiger partial charge in [-0.3, -0.25) is 4.79 Å². The Hall–Kier alpha value is -2.83. The van der Waals surface area contributed by atoms with E-state index in [1.807, 2.05) is 35.7 Å². The molecule has 3 rings (SSSR count). The van der Waals surface area contributed by atoms with Gasteiger partial charge in [0.15, 0.2) is 18.1 Å². The van der Waals surface area contributed by atoms with E-state index in [-0.39, 0.29) is 19.1 Å². The van der Waals surface area contributed by atoms with E-state index in [1.165, 1.54) is 0 Å². The van der Waals surface area contributed by atoms with Crippen molar-refractivity contribution in [3.05, 3.63) is 70.9 Å². The van der Waals surface area contributed by atoms with Crippen molar-refractivity contribution in [1.29, 1.82) is 0 Å². The number of hydrogen-bond acceptors (Lipinski definition) is 5. The van der Waals surface area contributed by atoms with Crippen LogP contribution in [0.2, 0.25) is 0 Å². The molecule has 0 aliphatic heterocycles. The third-order valence-electron chi connectivity index (χ3n) is 4.07. The van der Waals surface area contributed by atoms with Crippen LogP contribution in [0.3, 0.4) is 0 Å². The maximum absolute atomic E-state index is 12.0. The number of carbonyl (C=O) groups is 1. The van der Waals surface area contributed by atoms with Crippen LogP contribution >= 0.6 is 11.3 Å². The van der Waals surface area contributed by atoms with E-state index in [9.17, 15) is 9.90 Å². The highest BCUT2D eigenvalue weighted by Gasteiger charge is 2.11. The molecule has 0 bridgehead atoms. The van der Waals surface area contributed by atoms with Gasteiger partial charge in [-0.05, 0) is 45.6 Å². The lowest BCUT2D eigenvalue weighted by Gasteiger charge is -2.14. The van der Waals surface area contributed by atoms with Crippen LogP contribution in [0.1, 0.15) is 11.7 Å². The molecule has 1 aromatic heterocycles. The molecule has 140 valence electrons. The number of aliphatic hydroxyl groups is 1. The van der Waals surface area contributed by atoms with E-state index in [2.05, 4.69) is 16.8 Å². The Balaban J connectivity index is 1.48. The fraction of sp³-hybridized carbons (Fsp3) is 0.190. The van der Waals surface area contributed by atoms with E-state index in [4.69, 9.17) is 9.47 Å². The number of nitrogens with one attached hydrogen (secondary N) is 1. The Morgan fingerprint density at radius 1 is 1.07 bits per heavy atom. The normalized spacial score (nSPS) is 11.6. The van der Waals surface area contributed by atoms with Gasteiger partial charge < -0.3 is 19.9 Å². The highest BCUT2D eigenvalue weighted by molar-refractivity contribution is 7.08. The monoisotopic (exact) mass is 383 g/mol. The molecule has 1 amide bonds. The first kappa shape index (κ1) is 18.9. The van der Waals surface area contributed by atoms with Gasteiger partial charge in [-0.15, -0.1) is 0 Å². The average molecular weight is 383 g/mol. The summed E-state index contributed by atoms with van der Waals surface area (Å²) in [5.74, 6) is 0.755. The van der Waals surface area contributed by atoms with Crippen molar-refractivity contribution in [3.63, 3.8) is 0 Å². The highest BCUT2D eigenvalue weighted by Crippen LogP contribution is 2.26. The summed E-state index contributed by atoms with van der Waals surface area (Å²) in [5, 5.41) is 17.1. The second-order valence-electron chi connectivity index (χ2n) is 5.89. The van der Waals surface area contributed by atoms with Crippen LogP contribution in [0.4, 0.5) is 0 Å². The third-order valence-corrected chi connectivity index (χ3v) is 4.75. The van der Waals surface area contributed by atoms with E-state index >= 15 is 0 Å². The van der Waals surface area contributed by atoms with Gasteiger partial charge in [-0.25, -0.2) is 0 Å². The number of methoxy groups -OCH3 is 1. The first-order valence-corrected chi connectivity index (χ1v) is 9.45. The van der Waals surface area contributed by atoms with Gasteiger partial charge in [-0.1, -0.05) is 36.4 Å².